The number of aromatic amines is 1. The highest BCUT2D eigenvalue weighted by Gasteiger charge is 2.31. The molecule has 0 unspecified atom stereocenters. The minimum absolute atomic E-state index is 0.0488. The third kappa shape index (κ3) is 14.3. The molecule has 314 valence electrons. The van der Waals surface area contributed by atoms with Crippen LogP contribution in [0.3, 0.4) is 0 Å². The zero-order valence-electron chi connectivity index (χ0n) is 32.2. The van der Waals surface area contributed by atoms with Crippen LogP contribution in [0.2, 0.25) is 0 Å². The standard InChI is InChI=1S/C41H41N5O6S.C2HF3O2/c1-27(41(52)46-36(40(42)51)24-30-25-43-26-44-30)22-38(49)35(23-28-12-16-31(47)17-13-28)45-39(50)21-20-37(48)29-14-18-34(19-15-29)53(32-8-4-2-5-9-32)33-10-6-3-7-11-33;3-2(4,5)1(6)7/h2-19,25-27,35-36H,20-24H2,1H3,(H5-,42,43,44,45,46,47,50,51,52);(H,6,7)/t27-,35+,36+;/m1./s1. The van der Waals surface area contributed by atoms with Gasteiger partial charge in [0.15, 0.2) is 26.3 Å². The molecule has 1 heterocycles. The van der Waals surface area contributed by atoms with E-state index >= 15 is 0 Å². The summed E-state index contributed by atoms with van der Waals surface area (Å²) in [7, 11) is -0.367. The average molecular weight is 846 g/mol. The first-order chi connectivity index (χ1) is 28.5. The van der Waals surface area contributed by atoms with Gasteiger partial charge in [-0.1, -0.05) is 55.5 Å². The summed E-state index contributed by atoms with van der Waals surface area (Å²) in [6.07, 6.45) is -2.48. The lowest BCUT2D eigenvalue weighted by molar-refractivity contribution is -0.344. The topological polar surface area (TPSA) is 224 Å². The van der Waals surface area contributed by atoms with Crippen molar-refractivity contribution in [3.63, 3.8) is 0 Å². The molecule has 4 aromatic carbocycles. The van der Waals surface area contributed by atoms with Crippen LogP contribution in [0.15, 0.2) is 136 Å². The lowest BCUT2D eigenvalue weighted by Crippen LogP contribution is -2.48. The summed E-state index contributed by atoms with van der Waals surface area (Å²) >= 11 is 0. The number of carboxylic acids is 1. The summed E-state index contributed by atoms with van der Waals surface area (Å²) in [5.74, 6) is -6.21. The Morgan fingerprint density at radius 2 is 1.33 bits per heavy atom. The van der Waals surface area contributed by atoms with Gasteiger partial charge >= 0.3 is 6.18 Å². The van der Waals surface area contributed by atoms with Gasteiger partial charge < -0.3 is 36.4 Å². The summed E-state index contributed by atoms with van der Waals surface area (Å²) in [6.45, 7) is 1.55. The molecule has 5 rings (SSSR count). The first-order valence-electron chi connectivity index (χ1n) is 18.4. The van der Waals surface area contributed by atoms with Crippen LogP contribution in [0.25, 0.3) is 0 Å². The van der Waals surface area contributed by atoms with Gasteiger partial charge in [-0.15, -0.1) is 0 Å². The van der Waals surface area contributed by atoms with E-state index in [4.69, 9.17) is 15.6 Å². The molecule has 0 saturated carbocycles. The quantitative estimate of drug-likeness (QED) is 0.0634. The molecular weight excluding hydrogens is 804 g/mol. The number of nitrogens with one attached hydrogen (secondary N) is 3. The van der Waals surface area contributed by atoms with Crippen molar-refractivity contribution in [3.8, 4) is 5.75 Å². The van der Waals surface area contributed by atoms with Gasteiger partial charge in [-0.3, -0.25) is 24.0 Å². The number of primary amides is 1. The third-order valence-corrected chi connectivity index (χ3v) is 11.1. The number of carbonyl (C=O) groups is 6. The van der Waals surface area contributed by atoms with Crippen LogP contribution in [0.4, 0.5) is 13.2 Å². The van der Waals surface area contributed by atoms with Gasteiger partial charge in [0.05, 0.1) is 23.3 Å². The van der Waals surface area contributed by atoms with E-state index in [2.05, 4.69) is 44.9 Å². The van der Waals surface area contributed by atoms with Gasteiger partial charge in [0.2, 0.25) is 17.7 Å². The lowest BCUT2D eigenvalue weighted by atomic mass is 9.94. The van der Waals surface area contributed by atoms with E-state index in [0.717, 1.165) is 14.7 Å². The highest BCUT2D eigenvalue weighted by molar-refractivity contribution is 7.97. The molecule has 0 aliphatic rings. The number of phenolic OH excluding ortho intramolecular Hbond substituents is 1. The number of carboxylic acid groups (broad SMARTS) is 1. The third-order valence-electron chi connectivity index (χ3n) is 8.87. The van der Waals surface area contributed by atoms with Gasteiger partial charge in [0.25, 0.3) is 0 Å². The number of nitrogens with two attached hydrogens (primary N) is 1. The van der Waals surface area contributed by atoms with Crippen LogP contribution < -0.4 is 21.5 Å². The summed E-state index contributed by atoms with van der Waals surface area (Å²) < 4.78 is 31.5. The number of amides is 3. The van der Waals surface area contributed by atoms with E-state index in [-0.39, 0.29) is 54.5 Å². The molecule has 0 aliphatic carbocycles. The normalized spacial score (nSPS) is 12.6. The van der Waals surface area contributed by atoms with Gasteiger partial charge in [-0.2, -0.15) is 13.2 Å². The number of phenols is 1. The average Bonchev–Trinajstić information content (AvgIpc) is 3.74. The fourth-order valence-electron chi connectivity index (χ4n) is 5.74. The number of rotatable bonds is 18. The zero-order valence-corrected chi connectivity index (χ0v) is 33.0. The fraction of sp³-hybridized carbons (Fsp3) is 0.233. The highest BCUT2D eigenvalue weighted by Crippen LogP contribution is 2.31. The minimum Gasteiger partial charge on any atom is -0.542 e. The van der Waals surface area contributed by atoms with Crippen LogP contribution in [0.5, 0.6) is 5.75 Å². The second-order valence-electron chi connectivity index (χ2n) is 13.5. The summed E-state index contributed by atoms with van der Waals surface area (Å²) in [4.78, 5) is 84.0. The van der Waals surface area contributed by atoms with E-state index in [1.807, 2.05) is 48.5 Å². The van der Waals surface area contributed by atoms with Crippen LogP contribution in [0, 0.1) is 5.92 Å². The van der Waals surface area contributed by atoms with Crippen molar-refractivity contribution >= 4 is 46.2 Å². The number of nitrogens with zero attached hydrogens (tertiary/aromatic N) is 1. The molecule has 1 aromatic heterocycles. The van der Waals surface area contributed by atoms with E-state index in [9.17, 15) is 42.3 Å². The number of hydrogen-bond acceptors (Lipinski definition) is 9. The largest absolute Gasteiger partial charge is 0.542 e. The van der Waals surface area contributed by atoms with Gasteiger partial charge in [-0.05, 0) is 72.6 Å². The molecule has 0 spiro atoms. The Bertz CT molecular complexity index is 2170. The minimum atomic E-state index is -5.19. The molecule has 0 saturated heterocycles. The van der Waals surface area contributed by atoms with Crippen LogP contribution in [0.1, 0.15) is 47.8 Å². The van der Waals surface area contributed by atoms with E-state index < -0.39 is 53.7 Å². The van der Waals surface area contributed by atoms with E-state index in [1.54, 1.807) is 31.2 Å². The Hall–Kier alpha value is -6.75. The van der Waals surface area contributed by atoms with Crippen LogP contribution in [-0.2, 0) is 47.7 Å². The fourth-order valence-corrected chi connectivity index (χ4v) is 7.82. The smallest absolute Gasteiger partial charge is 0.430 e. The molecule has 0 radical (unpaired) electrons. The zero-order chi connectivity index (χ0) is 43.8. The van der Waals surface area contributed by atoms with Crippen molar-refractivity contribution in [1.82, 2.24) is 20.6 Å². The highest BCUT2D eigenvalue weighted by atomic mass is 32.2. The van der Waals surface area contributed by atoms with Gasteiger partial charge in [0, 0.05) is 49.1 Å². The number of aromatic nitrogens is 2. The molecule has 3 atom stereocenters. The Morgan fingerprint density at radius 3 is 1.83 bits per heavy atom. The number of imidazole rings is 1. The second-order valence-corrected chi connectivity index (χ2v) is 15.5. The molecule has 0 aliphatic heterocycles. The van der Waals surface area contributed by atoms with Gasteiger partial charge in [0.1, 0.15) is 17.8 Å². The SMILES string of the molecule is C[C@H](CC(=O)[C@H](Cc1ccc(O)cc1)NC(=O)CCC(=O)c1ccc([S+](c2ccccc2)c2ccccc2)cc1)C(=O)N[C@@H](Cc1cnc[nH]1)C(N)=O.O=C([O-])C(F)(F)F. The number of alkyl halides is 3. The summed E-state index contributed by atoms with van der Waals surface area (Å²) in [5, 5.41) is 23.9. The van der Waals surface area contributed by atoms with Crippen molar-refractivity contribution in [2.45, 2.75) is 72.0 Å². The first-order valence-corrected chi connectivity index (χ1v) is 19.7. The van der Waals surface area contributed by atoms with Crippen molar-refractivity contribution in [2.75, 3.05) is 0 Å². The maximum absolute atomic E-state index is 13.6. The number of H-pyrrole nitrogens is 1. The number of aromatic hydroxyl groups is 1. The molecule has 6 N–H and O–H groups in total. The second kappa shape index (κ2) is 21.9. The summed E-state index contributed by atoms with van der Waals surface area (Å²) in [5.41, 5.74) is 7.26. The molecule has 0 bridgehead atoms. The monoisotopic (exact) mass is 845 g/mol. The Kier molecular flexibility index (Phi) is 16.7. The molecule has 5 aromatic rings. The molecule has 17 heteroatoms. The van der Waals surface area contributed by atoms with Crippen molar-refractivity contribution < 1.29 is 52.2 Å². The number of aliphatic carboxylic acids is 1. The summed E-state index contributed by atoms with van der Waals surface area (Å²) in [6, 6.07) is 32.0. The number of benzene rings is 4. The number of ketones is 2. The van der Waals surface area contributed by atoms with E-state index in [0.29, 0.717) is 16.8 Å². The molecule has 0 fully saturated rings. The number of hydrogen-bond donors (Lipinski definition) is 5. The molecule has 3 amide bonds. The first kappa shape index (κ1) is 45.9. The lowest BCUT2D eigenvalue weighted by Gasteiger charge is -2.21. The van der Waals surface area contributed by atoms with Crippen molar-refractivity contribution in [2.24, 2.45) is 11.7 Å². The van der Waals surface area contributed by atoms with Crippen LogP contribution >= 0.6 is 0 Å². The predicted molar refractivity (Wildman–Crippen MR) is 212 cm³/mol. The predicted octanol–water partition coefficient (Wildman–Crippen LogP) is 4.01. The molecule has 60 heavy (non-hydrogen) atoms. The van der Waals surface area contributed by atoms with E-state index in [1.165, 1.54) is 24.7 Å². The molecular formula is C43H42F3N5O8S. The van der Waals surface area contributed by atoms with Crippen molar-refractivity contribution in [3.05, 3.63) is 139 Å². The molecule has 13 nitrogen and oxygen atoms in total. The van der Waals surface area contributed by atoms with Gasteiger partial charge in [-0.25, -0.2) is 4.98 Å². The Balaban J connectivity index is 0.00000104. The maximum atomic E-state index is 13.6. The Morgan fingerprint density at radius 1 is 0.783 bits per heavy atom. The van der Waals surface area contributed by atoms with Crippen molar-refractivity contribution in [1.29, 1.82) is 0 Å². The van der Waals surface area contributed by atoms with Crippen LogP contribution in [-0.4, -0.2) is 68.6 Å². The number of carbonyl (C=O) groups excluding carboxylic acids is 6. The maximum Gasteiger partial charge on any atom is 0.430 e. The Labute approximate surface area is 346 Å². The number of halogens is 3. The number of Topliss-reactive ketones (excluding diaryl/α,β-unsaturated/α-hetero) is 2.